The van der Waals surface area contributed by atoms with Gasteiger partial charge in [0.1, 0.15) is 6.04 Å². The first-order valence-electron chi connectivity index (χ1n) is 7.76. The lowest BCUT2D eigenvalue weighted by Crippen LogP contribution is -2.46. The number of imidazole rings is 1. The summed E-state index contributed by atoms with van der Waals surface area (Å²) in [5.74, 6) is -1.75. The maximum atomic E-state index is 12.7. The first kappa shape index (κ1) is 18.2. The molecule has 2 rings (SSSR count). The van der Waals surface area contributed by atoms with Crippen LogP contribution < -0.4 is 5.32 Å². The number of rotatable bonds is 7. The van der Waals surface area contributed by atoms with Gasteiger partial charge in [0.15, 0.2) is 0 Å². The van der Waals surface area contributed by atoms with Crippen LogP contribution in [0.15, 0.2) is 43.0 Å². The van der Waals surface area contributed by atoms with E-state index in [-0.39, 0.29) is 19.0 Å². The highest BCUT2D eigenvalue weighted by Gasteiger charge is 2.26. The lowest BCUT2D eigenvalue weighted by molar-refractivity contribution is -0.141. The average molecular weight is 344 g/mol. The van der Waals surface area contributed by atoms with Crippen molar-refractivity contribution in [2.24, 2.45) is 0 Å². The molecular weight excluding hydrogens is 324 g/mol. The van der Waals surface area contributed by atoms with Crippen LogP contribution in [0.25, 0.3) is 5.69 Å². The standard InChI is InChI=1S/C17H20N4O4/c1-12(17(24)25)21(10-8-19-13(2)22)16(23)14-3-5-15(6-4-14)20-9-7-18-11-20/h3-7,9,11-12H,8,10H2,1-2H3,(H,19,22)(H,24,25). The second kappa shape index (κ2) is 8.09. The summed E-state index contributed by atoms with van der Waals surface area (Å²) < 4.78 is 1.79. The highest BCUT2D eigenvalue weighted by molar-refractivity contribution is 5.96. The van der Waals surface area contributed by atoms with Crippen molar-refractivity contribution in [3.63, 3.8) is 0 Å². The molecule has 0 saturated heterocycles. The van der Waals surface area contributed by atoms with Crippen LogP contribution in [0.4, 0.5) is 0 Å². The molecule has 1 unspecified atom stereocenters. The Hall–Kier alpha value is -3.16. The number of hydrogen-bond donors (Lipinski definition) is 2. The number of carbonyl (C=O) groups is 3. The minimum atomic E-state index is -1.11. The van der Waals surface area contributed by atoms with Gasteiger partial charge in [0.05, 0.1) is 6.33 Å². The minimum Gasteiger partial charge on any atom is -0.480 e. The van der Waals surface area contributed by atoms with E-state index in [9.17, 15) is 19.5 Å². The van der Waals surface area contributed by atoms with Crippen LogP contribution in [0, 0.1) is 0 Å². The van der Waals surface area contributed by atoms with Gasteiger partial charge in [-0.25, -0.2) is 9.78 Å². The van der Waals surface area contributed by atoms with E-state index in [0.29, 0.717) is 5.56 Å². The predicted octanol–water partition coefficient (Wildman–Crippen LogP) is 0.924. The van der Waals surface area contributed by atoms with Gasteiger partial charge in [-0.3, -0.25) is 9.59 Å². The fourth-order valence-electron chi connectivity index (χ4n) is 2.31. The van der Waals surface area contributed by atoms with Crippen LogP contribution in [0.5, 0.6) is 0 Å². The predicted molar refractivity (Wildman–Crippen MR) is 90.4 cm³/mol. The number of carbonyl (C=O) groups excluding carboxylic acids is 2. The molecule has 0 radical (unpaired) electrons. The number of hydrogen-bond acceptors (Lipinski definition) is 4. The van der Waals surface area contributed by atoms with Gasteiger partial charge in [0, 0.05) is 43.7 Å². The molecule has 0 spiro atoms. The maximum absolute atomic E-state index is 12.7. The van der Waals surface area contributed by atoms with E-state index in [1.807, 2.05) is 0 Å². The van der Waals surface area contributed by atoms with Crippen LogP contribution in [-0.4, -0.2) is 56.5 Å². The van der Waals surface area contributed by atoms with E-state index >= 15 is 0 Å². The molecule has 1 aromatic carbocycles. The van der Waals surface area contributed by atoms with E-state index in [1.165, 1.54) is 18.7 Å². The summed E-state index contributed by atoms with van der Waals surface area (Å²) in [6.45, 7) is 3.09. The quantitative estimate of drug-likeness (QED) is 0.777. The molecule has 0 fully saturated rings. The minimum absolute atomic E-state index is 0.106. The number of aliphatic carboxylic acids is 1. The normalized spacial score (nSPS) is 11.6. The molecule has 0 bridgehead atoms. The van der Waals surface area contributed by atoms with E-state index in [1.54, 1.807) is 47.6 Å². The molecule has 1 heterocycles. The average Bonchev–Trinajstić information content (AvgIpc) is 3.12. The second-order valence-corrected chi connectivity index (χ2v) is 5.51. The van der Waals surface area contributed by atoms with Gasteiger partial charge in [0.2, 0.25) is 5.91 Å². The molecule has 0 saturated carbocycles. The molecule has 0 aliphatic carbocycles. The number of benzene rings is 1. The Morgan fingerprint density at radius 2 is 1.96 bits per heavy atom. The molecule has 25 heavy (non-hydrogen) atoms. The molecule has 2 amide bonds. The first-order chi connectivity index (χ1) is 11.9. The van der Waals surface area contributed by atoms with Gasteiger partial charge in [-0.1, -0.05) is 0 Å². The molecule has 8 heteroatoms. The number of carboxylic acid groups (broad SMARTS) is 1. The van der Waals surface area contributed by atoms with Crippen molar-refractivity contribution in [2.75, 3.05) is 13.1 Å². The molecule has 132 valence electrons. The van der Waals surface area contributed by atoms with Gasteiger partial charge in [0.25, 0.3) is 5.91 Å². The lowest BCUT2D eigenvalue weighted by Gasteiger charge is -2.26. The number of aromatic nitrogens is 2. The summed E-state index contributed by atoms with van der Waals surface area (Å²) in [6, 6.07) is 5.78. The zero-order valence-electron chi connectivity index (χ0n) is 14.0. The van der Waals surface area contributed by atoms with Crippen LogP contribution in [0.1, 0.15) is 24.2 Å². The third kappa shape index (κ3) is 4.66. The molecule has 0 aliphatic rings. The van der Waals surface area contributed by atoms with Gasteiger partial charge in [-0.05, 0) is 31.2 Å². The van der Waals surface area contributed by atoms with Gasteiger partial charge >= 0.3 is 5.97 Å². The van der Waals surface area contributed by atoms with Crippen LogP contribution in [-0.2, 0) is 9.59 Å². The van der Waals surface area contributed by atoms with Crippen molar-refractivity contribution in [3.8, 4) is 5.69 Å². The Kier molecular flexibility index (Phi) is 5.89. The Bertz CT molecular complexity index is 741. The molecular formula is C17H20N4O4. The summed E-state index contributed by atoms with van der Waals surface area (Å²) in [5.41, 5.74) is 1.21. The van der Waals surface area contributed by atoms with E-state index in [2.05, 4.69) is 10.3 Å². The fraction of sp³-hybridized carbons (Fsp3) is 0.294. The number of nitrogens with one attached hydrogen (secondary N) is 1. The Balaban J connectivity index is 2.16. The maximum Gasteiger partial charge on any atom is 0.326 e. The third-order valence-corrected chi connectivity index (χ3v) is 3.73. The van der Waals surface area contributed by atoms with Crippen LogP contribution in [0.2, 0.25) is 0 Å². The highest BCUT2D eigenvalue weighted by atomic mass is 16.4. The molecule has 0 aliphatic heterocycles. The number of carboxylic acids is 1. The number of nitrogens with zero attached hydrogens (tertiary/aromatic N) is 3. The van der Waals surface area contributed by atoms with Gasteiger partial charge in [-0.15, -0.1) is 0 Å². The lowest BCUT2D eigenvalue weighted by atomic mass is 10.1. The summed E-state index contributed by atoms with van der Waals surface area (Å²) >= 11 is 0. The molecule has 1 aromatic heterocycles. The van der Waals surface area contributed by atoms with E-state index < -0.39 is 17.9 Å². The SMILES string of the molecule is CC(=O)NCCN(C(=O)c1ccc(-n2ccnc2)cc1)C(C)C(=O)O. The Labute approximate surface area is 145 Å². The molecule has 2 N–H and O–H groups in total. The van der Waals surface area contributed by atoms with Gasteiger partial charge in [-0.2, -0.15) is 0 Å². The van der Waals surface area contributed by atoms with Crippen molar-refractivity contribution < 1.29 is 19.5 Å². The summed E-state index contributed by atoms with van der Waals surface area (Å²) in [7, 11) is 0. The second-order valence-electron chi connectivity index (χ2n) is 5.51. The largest absolute Gasteiger partial charge is 0.480 e. The topological polar surface area (TPSA) is 105 Å². The zero-order valence-corrected chi connectivity index (χ0v) is 14.0. The summed E-state index contributed by atoms with van der Waals surface area (Å²) in [4.78, 5) is 40.2. The van der Waals surface area contributed by atoms with Crippen molar-refractivity contribution in [2.45, 2.75) is 19.9 Å². The third-order valence-electron chi connectivity index (χ3n) is 3.73. The van der Waals surface area contributed by atoms with Crippen LogP contribution in [0.3, 0.4) is 0 Å². The fourth-order valence-corrected chi connectivity index (χ4v) is 2.31. The summed E-state index contributed by atoms with van der Waals surface area (Å²) in [5, 5.41) is 11.8. The van der Waals surface area contributed by atoms with Crippen molar-refractivity contribution in [3.05, 3.63) is 48.5 Å². The first-order valence-corrected chi connectivity index (χ1v) is 7.76. The Morgan fingerprint density at radius 1 is 1.28 bits per heavy atom. The van der Waals surface area contributed by atoms with Crippen molar-refractivity contribution in [1.29, 1.82) is 0 Å². The molecule has 1 atom stereocenters. The molecule has 8 nitrogen and oxygen atoms in total. The summed E-state index contributed by atoms with van der Waals surface area (Å²) in [6.07, 6.45) is 5.07. The van der Waals surface area contributed by atoms with E-state index in [4.69, 9.17) is 0 Å². The van der Waals surface area contributed by atoms with Crippen molar-refractivity contribution in [1.82, 2.24) is 19.8 Å². The van der Waals surface area contributed by atoms with E-state index in [0.717, 1.165) is 5.69 Å². The van der Waals surface area contributed by atoms with Crippen molar-refractivity contribution >= 4 is 17.8 Å². The molecule has 2 aromatic rings. The Morgan fingerprint density at radius 3 is 2.48 bits per heavy atom. The smallest absolute Gasteiger partial charge is 0.326 e. The zero-order chi connectivity index (χ0) is 18.4. The highest BCUT2D eigenvalue weighted by Crippen LogP contribution is 2.13. The van der Waals surface area contributed by atoms with Crippen LogP contribution >= 0.6 is 0 Å². The monoisotopic (exact) mass is 344 g/mol. The number of amides is 2. The van der Waals surface area contributed by atoms with Gasteiger partial charge < -0.3 is 19.9 Å².